The molecule has 2 aromatic rings. The Bertz CT molecular complexity index is 575. The molecule has 1 aromatic carbocycles. The Kier molecular flexibility index (Phi) is 4.91. The third-order valence-electron chi connectivity index (χ3n) is 3.55. The zero-order chi connectivity index (χ0) is 14.5. The minimum atomic E-state index is 0.176. The fourth-order valence-electron chi connectivity index (χ4n) is 2.46. The molecule has 0 saturated carbocycles. The summed E-state index contributed by atoms with van der Waals surface area (Å²) < 4.78 is 0. The van der Waals surface area contributed by atoms with Gasteiger partial charge in [-0.05, 0) is 57.0 Å². The molecular weight excluding hydrogens is 244 g/mol. The van der Waals surface area contributed by atoms with Crippen LogP contribution in [0.2, 0.25) is 0 Å². The van der Waals surface area contributed by atoms with Gasteiger partial charge in [-0.1, -0.05) is 36.8 Å². The maximum Gasteiger partial charge on any atom is 0.0754 e. The summed E-state index contributed by atoms with van der Waals surface area (Å²) in [6.45, 7) is 9.54. The normalized spacial score (nSPS) is 12.4. The van der Waals surface area contributed by atoms with Crippen LogP contribution in [0.1, 0.15) is 47.5 Å². The largest absolute Gasteiger partial charge is 0.305 e. The first-order valence-corrected chi connectivity index (χ1v) is 7.36. The number of benzene rings is 1. The van der Waals surface area contributed by atoms with Gasteiger partial charge in [-0.2, -0.15) is 0 Å². The summed E-state index contributed by atoms with van der Waals surface area (Å²) in [6, 6.07) is 13.1. The van der Waals surface area contributed by atoms with E-state index in [4.69, 9.17) is 4.98 Å². The molecule has 2 rings (SSSR count). The summed E-state index contributed by atoms with van der Waals surface area (Å²) in [7, 11) is 0. The summed E-state index contributed by atoms with van der Waals surface area (Å²) in [5.41, 5.74) is 6.11. The van der Waals surface area contributed by atoms with Crippen LogP contribution >= 0.6 is 0 Å². The summed E-state index contributed by atoms with van der Waals surface area (Å²) in [5.74, 6) is 0. The lowest BCUT2D eigenvalue weighted by atomic mass is 9.96. The van der Waals surface area contributed by atoms with Gasteiger partial charge in [-0.25, -0.2) is 0 Å². The van der Waals surface area contributed by atoms with Crippen LogP contribution in [0.4, 0.5) is 0 Å². The number of aryl methyl sites for hydroxylation is 3. The molecule has 0 spiro atoms. The van der Waals surface area contributed by atoms with Crippen LogP contribution in [0.5, 0.6) is 0 Å². The number of nitrogens with zero attached hydrogens (tertiary/aromatic N) is 1. The standard InChI is InChI=1S/C18H24N2/c1-5-11-19-18(17-8-6-7-15(4)20-17)16-12-13(2)9-10-14(16)3/h6-10,12,18-19H,5,11H2,1-4H3. The molecule has 1 aromatic heterocycles. The number of aromatic nitrogens is 1. The minimum Gasteiger partial charge on any atom is -0.305 e. The molecule has 0 aliphatic rings. The fraction of sp³-hybridized carbons (Fsp3) is 0.389. The monoisotopic (exact) mass is 268 g/mol. The molecule has 0 bridgehead atoms. The zero-order valence-electron chi connectivity index (χ0n) is 12.9. The van der Waals surface area contributed by atoms with Crippen molar-refractivity contribution < 1.29 is 0 Å². The van der Waals surface area contributed by atoms with E-state index in [1.165, 1.54) is 16.7 Å². The van der Waals surface area contributed by atoms with Gasteiger partial charge in [0.05, 0.1) is 11.7 Å². The van der Waals surface area contributed by atoms with Gasteiger partial charge < -0.3 is 5.32 Å². The molecule has 0 aliphatic heterocycles. The average Bonchev–Trinajstić information content (AvgIpc) is 2.43. The van der Waals surface area contributed by atoms with E-state index in [0.717, 1.165) is 24.4 Å². The molecule has 0 amide bonds. The van der Waals surface area contributed by atoms with E-state index < -0.39 is 0 Å². The lowest BCUT2D eigenvalue weighted by Gasteiger charge is -2.21. The topological polar surface area (TPSA) is 24.9 Å². The summed E-state index contributed by atoms with van der Waals surface area (Å²) in [4.78, 5) is 4.71. The predicted octanol–water partition coefficient (Wildman–Crippen LogP) is 4.10. The Labute approximate surface area is 122 Å². The summed E-state index contributed by atoms with van der Waals surface area (Å²) in [5, 5.41) is 3.63. The first-order valence-electron chi connectivity index (χ1n) is 7.36. The van der Waals surface area contributed by atoms with Crippen molar-refractivity contribution in [2.75, 3.05) is 6.54 Å². The van der Waals surface area contributed by atoms with Gasteiger partial charge in [-0.3, -0.25) is 4.98 Å². The zero-order valence-corrected chi connectivity index (χ0v) is 12.9. The van der Waals surface area contributed by atoms with E-state index in [0.29, 0.717) is 0 Å². The number of hydrogen-bond donors (Lipinski definition) is 1. The molecule has 2 nitrogen and oxygen atoms in total. The number of pyridine rings is 1. The van der Waals surface area contributed by atoms with Crippen LogP contribution in [-0.2, 0) is 0 Å². The SMILES string of the molecule is CCCNC(c1cccc(C)n1)c1cc(C)ccc1C. The van der Waals surface area contributed by atoms with Crippen molar-refractivity contribution in [1.29, 1.82) is 0 Å². The van der Waals surface area contributed by atoms with Crippen LogP contribution < -0.4 is 5.32 Å². The van der Waals surface area contributed by atoms with Crippen LogP contribution in [0, 0.1) is 20.8 Å². The van der Waals surface area contributed by atoms with Crippen LogP contribution in [-0.4, -0.2) is 11.5 Å². The molecule has 0 saturated heterocycles. The Morgan fingerprint density at radius 1 is 1.10 bits per heavy atom. The van der Waals surface area contributed by atoms with Crippen LogP contribution in [0.15, 0.2) is 36.4 Å². The van der Waals surface area contributed by atoms with Gasteiger partial charge in [0.2, 0.25) is 0 Å². The maximum atomic E-state index is 4.71. The highest BCUT2D eigenvalue weighted by molar-refractivity contribution is 5.37. The Morgan fingerprint density at radius 2 is 1.90 bits per heavy atom. The van der Waals surface area contributed by atoms with Gasteiger partial charge in [0.25, 0.3) is 0 Å². The van der Waals surface area contributed by atoms with Gasteiger partial charge in [-0.15, -0.1) is 0 Å². The molecular formula is C18H24N2. The highest BCUT2D eigenvalue weighted by Crippen LogP contribution is 2.25. The van der Waals surface area contributed by atoms with Crippen LogP contribution in [0.25, 0.3) is 0 Å². The summed E-state index contributed by atoms with van der Waals surface area (Å²) >= 11 is 0. The second kappa shape index (κ2) is 6.67. The van der Waals surface area contributed by atoms with Gasteiger partial charge in [0.15, 0.2) is 0 Å². The highest BCUT2D eigenvalue weighted by atomic mass is 14.9. The van der Waals surface area contributed by atoms with Crippen molar-refractivity contribution in [3.63, 3.8) is 0 Å². The van der Waals surface area contributed by atoms with Crippen molar-refractivity contribution in [2.45, 2.75) is 40.2 Å². The molecule has 1 N–H and O–H groups in total. The molecule has 1 unspecified atom stereocenters. The lowest BCUT2D eigenvalue weighted by Crippen LogP contribution is -2.25. The van der Waals surface area contributed by atoms with Crippen molar-refractivity contribution in [2.24, 2.45) is 0 Å². The molecule has 0 aliphatic carbocycles. The van der Waals surface area contributed by atoms with E-state index in [2.05, 4.69) is 56.4 Å². The van der Waals surface area contributed by atoms with E-state index in [1.54, 1.807) is 0 Å². The van der Waals surface area contributed by atoms with Crippen molar-refractivity contribution >= 4 is 0 Å². The maximum absolute atomic E-state index is 4.71. The highest BCUT2D eigenvalue weighted by Gasteiger charge is 2.17. The number of hydrogen-bond acceptors (Lipinski definition) is 2. The van der Waals surface area contributed by atoms with Crippen LogP contribution in [0.3, 0.4) is 0 Å². The smallest absolute Gasteiger partial charge is 0.0754 e. The number of rotatable bonds is 5. The molecule has 0 radical (unpaired) electrons. The molecule has 0 fully saturated rings. The Balaban J connectivity index is 2.44. The Morgan fingerprint density at radius 3 is 2.60 bits per heavy atom. The van der Waals surface area contributed by atoms with Crippen molar-refractivity contribution in [3.05, 3.63) is 64.5 Å². The molecule has 20 heavy (non-hydrogen) atoms. The number of nitrogens with one attached hydrogen (secondary N) is 1. The molecule has 106 valence electrons. The first-order chi connectivity index (χ1) is 9.61. The van der Waals surface area contributed by atoms with E-state index in [-0.39, 0.29) is 6.04 Å². The second-order valence-electron chi connectivity index (χ2n) is 5.45. The third kappa shape index (κ3) is 3.45. The van der Waals surface area contributed by atoms with Crippen molar-refractivity contribution in [1.82, 2.24) is 10.3 Å². The van der Waals surface area contributed by atoms with E-state index in [9.17, 15) is 0 Å². The average molecular weight is 268 g/mol. The summed E-state index contributed by atoms with van der Waals surface area (Å²) in [6.07, 6.45) is 1.12. The van der Waals surface area contributed by atoms with E-state index in [1.807, 2.05) is 13.0 Å². The fourth-order valence-corrected chi connectivity index (χ4v) is 2.46. The molecule has 1 atom stereocenters. The Hall–Kier alpha value is -1.67. The quantitative estimate of drug-likeness (QED) is 0.883. The first kappa shape index (κ1) is 14.7. The van der Waals surface area contributed by atoms with Gasteiger partial charge in [0, 0.05) is 5.69 Å². The van der Waals surface area contributed by atoms with Gasteiger partial charge in [0.1, 0.15) is 0 Å². The van der Waals surface area contributed by atoms with Gasteiger partial charge >= 0.3 is 0 Å². The van der Waals surface area contributed by atoms with Crippen molar-refractivity contribution in [3.8, 4) is 0 Å². The van der Waals surface area contributed by atoms with E-state index >= 15 is 0 Å². The lowest BCUT2D eigenvalue weighted by molar-refractivity contribution is 0.583. The minimum absolute atomic E-state index is 0.176. The molecule has 1 heterocycles. The molecule has 2 heteroatoms. The third-order valence-corrected chi connectivity index (χ3v) is 3.55. The second-order valence-corrected chi connectivity index (χ2v) is 5.45. The predicted molar refractivity (Wildman–Crippen MR) is 85.0 cm³/mol.